The molecule has 1 nitrogen and oxygen atoms in total. The van der Waals surface area contributed by atoms with Crippen molar-refractivity contribution in [1.82, 2.24) is 0 Å². The molecule has 1 heteroatoms. The van der Waals surface area contributed by atoms with Crippen LogP contribution in [0.1, 0.15) is 62.0 Å². The lowest BCUT2D eigenvalue weighted by Gasteiger charge is -2.28. The molecule has 1 aromatic rings. The van der Waals surface area contributed by atoms with E-state index in [2.05, 4.69) is 24.8 Å². The SMILES string of the molecule is C=CCCC[C@H]1CC[C@H](c2ccc(C#N)cc2)CC1. The second-order valence-corrected chi connectivity index (χ2v) is 5.67. The molecule has 1 aliphatic rings. The van der Waals surface area contributed by atoms with Crippen LogP contribution in [0.5, 0.6) is 0 Å². The number of allylic oxidation sites excluding steroid dienone is 1. The number of nitrogens with zero attached hydrogens (tertiary/aromatic N) is 1. The summed E-state index contributed by atoms with van der Waals surface area (Å²) < 4.78 is 0. The Kier molecular flexibility index (Phi) is 5.21. The fourth-order valence-electron chi connectivity index (χ4n) is 3.17. The van der Waals surface area contributed by atoms with E-state index in [4.69, 9.17) is 5.26 Å². The van der Waals surface area contributed by atoms with Gasteiger partial charge in [0.05, 0.1) is 11.6 Å². The second-order valence-electron chi connectivity index (χ2n) is 5.67. The summed E-state index contributed by atoms with van der Waals surface area (Å²) in [5.74, 6) is 1.64. The Hall–Kier alpha value is -1.55. The van der Waals surface area contributed by atoms with Gasteiger partial charge in [0.2, 0.25) is 0 Å². The second kappa shape index (κ2) is 7.14. The Morgan fingerprint density at radius 2 is 1.84 bits per heavy atom. The summed E-state index contributed by atoms with van der Waals surface area (Å²) >= 11 is 0. The molecule has 0 spiro atoms. The largest absolute Gasteiger partial charge is 0.192 e. The van der Waals surface area contributed by atoms with Gasteiger partial charge >= 0.3 is 0 Å². The molecule has 0 aromatic heterocycles. The van der Waals surface area contributed by atoms with Crippen molar-refractivity contribution in [3.63, 3.8) is 0 Å². The molecule has 0 aliphatic heterocycles. The number of nitriles is 1. The number of benzene rings is 1. The molecular formula is C18H23N. The Balaban J connectivity index is 1.82. The fraction of sp³-hybridized carbons (Fsp3) is 0.500. The van der Waals surface area contributed by atoms with E-state index in [1.807, 2.05) is 18.2 Å². The van der Waals surface area contributed by atoms with Crippen LogP contribution in [0.25, 0.3) is 0 Å². The first kappa shape index (κ1) is 13.9. The molecular weight excluding hydrogens is 230 g/mol. The van der Waals surface area contributed by atoms with Crippen molar-refractivity contribution in [3.8, 4) is 6.07 Å². The molecule has 0 unspecified atom stereocenters. The van der Waals surface area contributed by atoms with Crippen LogP contribution < -0.4 is 0 Å². The first-order chi connectivity index (χ1) is 9.33. The number of hydrogen-bond acceptors (Lipinski definition) is 1. The van der Waals surface area contributed by atoms with Gasteiger partial charge in [-0.15, -0.1) is 6.58 Å². The van der Waals surface area contributed by atoms with Crippen molar-refractivity contribution in [2.45, 2.75) is 50.9 Å². The summed E-state index contributed by atoms with van der Waals surface area (Å²) in [5, 5.41) is 8.82. The monoisotopic (exact) mass is 253 g/mol. The van der Waals surface area contributed by atoms with Crippen LogP contribution in [0.2, 0.25) is 0 Å². The fourth-order valence-corrected chi connectivity index (χ4v) is 3.17. The van der Waals surface area contributed by atoms with E-state index in [0.29, 0.717) is 5.92 Å². The minimum absolute atomic E-state index is 0.711. The van der Waals surface area contributed by atoms with Crippen LogP contribution in [0.4, 0.5) is 0 Å². The van der Waals surface area contributed by atoms with E-state index in [-0.39, 0.29) is 0 Å². The first-order valence-electron chi connectivity index (χ1n) is 7.44. The Labute approximate surface area is 117 Å². The lowest BCUT2D eigenvalue weighted by atomic mass is 9.77. The highest BCUT2D eigenvalue weighted by atomic mass is 14.3. The number of unbranched alkanes of at least 4 members (excludes halogenated alkanes) is 1. The lowest BCUT2D eigenvalue weighted by Crippen LogP contribution is -2.13. The molecule has 0 radical (unpaired) electrons. The maximum absolute atomic E-state index is 8.82. The van der Waals surface area contributed by atoms with E-state index in [1.165, 1.54) is 44.1 Å². The van der Waals surface area contributed by atoms with E-state index in [1.54, 1.807) is 0 Å². The molecule has 0 atom stereocenters. The third-order valence-corrected chi connectivity index (χ3v) is 4.38. The standard InChI is InChI=1S/C18H23N/c1-2-3-4-5-15-6-10-17(11-7-15)18-12-8-16(14-19)9-13-18/h2,8-9,12-13,15,17H,1,3-7,10-11H2/t15-,17-. The molecule has 100 valence electrons. The molecule has 19 heavy (non-hydrogen) atoms. The van der Waals surface area contributed by atoms with Crippen LogP contribution in [-0.4, -0.2) is 0 Å². The zero-order valence-electron chi connectivity index (χ0n) is 11.6. The Bertz CT molecular complexity index is 430. The highest BCUT2D eigenvalue weighted by Crippen LogP contribution is 2.37. The van der Waals surface area contributed by atoms with Gasteiger partial charge in [-0.1, -0.05) is 24.6 Å². The normalized spacial score (nSPS) is 22.7. The molecule has 1 fully saturated rings. The summed E-state index contributed by atoms with van der Waals surface area (Å²) in [5.41, 5.74) is 2.19. The van der Waals surface area contributed by atoms with Crippen molar-refractivity contribution >= 4 is 0 Å². The van der Waals surface area contributed by atoms with Crippen molar-refractivity contribution < 1.29 is 0 Å². The number of rotatable bonds is 5. The lowest BCUT2D eigenvalue weighted by molar-refractivity contribution is 0.305. The van der Waals surface area contributed by atoms with Crippen molar-refractivity contribution in [2.24, 2.45) is 5.92 Å². The molecule has 0 heterocycles. The van der Waals surface area contributed by atoms with E-state index in [9.17, 15) is 0 Å². The molecule has 0 saturated heterocycles. The quantitative estimate of drug-likeness (QED) is 0.523. The average Bonchev–Trinajstić information content (AvgIpc) is 2.48. The van der Waals surface area contributed by atoms with Crippen LogP contribution in [0.3, 0.4) is 0 Å². The summed E-state index contributed by atoms with van der Waals surface area (Å²) in [6.07, 6.45) is 11.2. The predicted octanol–water partition coefficient (Wildman–Crippen LogP) is 5.19. The molecule has 2 rings (SSSR count). The minimum Gasteiger partial charge on any atom is -0.192 e. The minimum atomic E-state index is 0.711. The van der Waals surface area contributed by atoms with E-state index >= 15 is 0 Å². The van der Waals surface area contributed by atoms with Crippen LogP contribution in [0.15, 0.2) is 36.9 Å². The van der Waals surface area contributed by atoms with Gasteiger partial charge in [-0.05, 0) is 68.1 Å². The maximum Gasteiger partial charge on any atom is 0.0991 e. The van der Waals surface area contributed by atoms with Crippen molar-refractivity contribution in [3.05, 3.63) is 48.0 Å². The topological polar surface area (TPSA) is 23.8 Å². The number of hydrogen-bond donors (Lipinski definition) is 0. The van der Waals surface area contributed by atoms with Gasteiger partial charge in [0, 0.05) is 0 Å². The average molecular weight is 253 g/mol. The molecule has 1 aromatic carbocycles. The van der Waals surface area contributed by atoms with Gasteiger partial charge in [0.15, 0.2) is 0 Å². The maximum atomic E-state index is 8.82. The van der Waals surface area contributed by atoms with Gasteiger partial charge in [-0.25, -0.2) is 0 Å². The molecule has 0 amide bonds. The highest BCUT2D eigenvalue weighted by Gasteiger charge is 2.21. The van der Waals surface area contributed by atoms with Crippen LogP contribution >= 0.6 is 0 Å². The smallest absolute Gasteiger partial charge is 0.0991 e. The van der Waals surface area contributed by atoms with Gasteiger partial charge in [-0.3, -0.25) is 0 Å². The first-order valence-corrected chi connectivity index (χ1v) is 7.44. The van der Waals surface area contributed by atoms with E-state index in [0.717, 1.165) is 17.9 Å². The highest BCUT2D eigenvalue weighted by molar-refractivity contribution is 5.33. The summed E-state index contributed by atoms with van der Waals surface area (Å²) in [6.45, 7) is 3.79. The predicted molar refractivity (Wildman–Crippen MR) is 79.9 cm³/mol. The van der Waals surface area contributed by atoms with Gasteiger partial charge in [0.25, 0.3) is 0 Å². The van der Waals surface area contributed by atoms with Crippen molar-refractivity contribution in [1.29, 1.82) is 5.26 Å². The van der Waals surface area contributed by atoms with Gasteiger partial charge in [0.1, 0.15) is 0 Å². The summed E-state index contributed by atoms with van der Waals surface area (Å²) in [7, 11) is 0. The molecule has 0 bridgehead atoms. The Morgan fingerprint density at radius 1 is 1.16 bits per heavy atom. The third kappa shape index (κ3) is 3.96. The molecule has 0 N–H and O–H groups in total. The van der Waals surface area contributed by atoms with Gasteiger partial charge in [-0.2, -0.15) is 5.26 Å². The van der Waals surface area contributed by atoms with E-state index < -0.39 is 0 Å². The zero-order chi connectivity index (χ0) is 13.5. The Morgan fingerprint density at radius 3 is 2.42 bits per heavy atom. The summed E-state index contributed by atoms with van der Waals surface area (Å²) in [6, 6.07) is 10.4. The summed E-state index contributed by atoms with van der Waals surface area (Å²) in [4.78, 5) is 0. The zero-order valence-corrected chi connectivity index (χ0v) is 11.6. The van der Waals surface area contributed by atoms with Crippen LogP contribution in [-0.2, 0) is 0 Å². The molecule has 1 saturated carbocycles. The third-order valence-electron chi connectivity index (χ3n) is 4.38. The molecule has 1 aliphatic carbocycles. The van der Waals surface area contributed by atoms with Gasteiger partial charge < -0.3 is 0 Å². The van der Waals surface area contributed by atoms with Crippen molar-refractivity contribution in [2.75, 3.05) is 0 Å². The van der Waals surface area contributed by atoms with Crippen LogP contribution in [0, 0.1) is 17.2 Å².